The van der Waals surface area contributed by atoms with Crippen LogP contribution in [0.15, 0.2) is 0 Å². The molecular weight excluding hydrogens is 180 g/mol. The Hall–Kier alpha value is -1.08. The monoisotopic (exact) mass is 198 g/mol. The smallest absolute Gasteiger partial charge is 0.319 e. The van der Waals surface area contributed by atoms with Gasteiger partial charge in [-0.1, -0.05) is 0 Å². The van der Waals surface area contributed by atoms with Gasteiger partial charge >= 0.3 is 5.97 Å². The van der Waals surface area contributed by atoms with Gasteiger partial charge in [0.15, 0.2) is 0 Å². The average Bonchev–Trinajstić information content (AvgIpc) is 2.13. The minimum atomic E-state index is -0.332. The number of carbonyl (C=O) groups excluding carboxylic acids is 1. The van der Waals surface area contributed by atoms with E-state index in [9.17, 15) is 4.79 Å². The van der Waals surface area contributed by atoms with Gasteiger partial charge < -0.3 is 10.1 Å². The van der Waals surface area contributed by atoms with Crippen molar-refractivity contribution in [2.45, 2.75) is 27.2 Å². The van der Waals surface area contributed by atoms with E-state index in [-0.39, 0.29) is 17.9 Å². The van der Waals surface area contributed by atoms with Gasteiger partial charge in [-0.25, -0.2) is 0 Å². The molecule has 0 fully saturated rings. The first-order valence-electron chi connectivity index (χ1n) is 4.79. The number of nitrogens with zero attached hydrogens (tertiary/aromatic N) is 1. The number of nitriles is 1. The van der Waals surface area contributed by atoms with E-state index in [4.69, 9.17) is 10.00 Å². The number of ether oxygens (including phenoxy) is 1. The maximum Gasteiger partial charge on any atom is 0.319 e. The molecule has 0 aromatic heterocycles. The van der Waals surface area contributed by atoms with Crippen molar-refractivity contribution in [2.75, 3.05) is 19.7 Å². The van der Waals surface area contributed by atoms with Gasteiger partial charge in [0, 0.05) is 0 Å². The van der Waals surface area contributed by atoms with E-state index in [1.165, 1.54) is 0 Å². The molecule has 80 valence electrons. The second-order valence-corrected chi connectivity index (χ2v) is 3.73. The van der Waals surface area contributed by atoms with Gasteiger partial charge in [-0.05, 0) is 33.7 Å². The fraction of sp³-hybridized carbons (Fsp3) is 0.800. The summed E-state index contributed by atoms with van der Waals surface area (Å²) in [7, 11) is 0. The Balaban J connectivity index is 3.48. The van der Waals surface area contributed by atoms with Crippen molar-refractivity contribution in [1.29, 1.82) is 5.26 Å². The molecule has 0 heterocycles. The first kappa shape index (κ1) is 12.9. The highest BCUT2D eigenvalue weighted by Gasteiger charge is 2.15. The molecule has 0 rings (SSSR count). The molecule has 0 radical (unpaired) electrons. The summed E-state index contributed by atoms with van der Waals surface area (Å²) in [6, 6.07) is 2.20. The van der Waals surface area contributed by atoms with E-state index in [1.54, 1.807) is 6.92 Å². The second kappa shape index (κ2) is 6.39. The minimum Gasteiger partial charge on any atom is -0.465 e. The van der Waals surface area contributed by atoms with E-state index in [1.807, 2.05) is 13.8 Å². The van der Waals surface area contributed by atoms with Crippen LogP contribution >= 0.6 is 0 Å². The molecule has 1 N–H and O–H groups in total. The zero-order chi connectivity index (χ0) is 11.0. The van der Waals surface area contributed by atoms with Crippen molar-refractivity contribution >= 4 is 5.97 Å². The molecule has 0 saturated carbocycles. The Kier molecular flexibility index (Phi) is 5.89. The summed E-state index contributed by atoms with van der Waals surface area (Å²) in [5.41, 5.74) is -0.332. The molecule has 0 aromatic rings. The van der Waals surface area contributed by atoms with Crippen molar-refractivity contribution in [3.8, 4) is 6.07 Å². The number of rotatable bonds is 6. The summed E-state index contributed by atoms with van der Waals surface area (Å²) < 4.78 is 4.73. The minimum absolute atomic E-state index is 0.218. The lowest BCUT2D eigenvalue weighted by molar-refractivity contribution is -0.142. The number of hydrogen-bond acceptors (Lipinski definition) is 4. The van der Waals surface area contributed by atoms with Gasteiger partial charge in [0.2, 0.25) is 0 Å². The lowest BCUT2D eigenvalue weighted by Crippen LogP contribution is -2.28. The van der Waals surface area contributed by atoms with Gasteiger partial charge in [-0.15, -0.1) is 0 Å². The van der Waals surface area contributed by atoms with Gasteiger partial charge in [-0.3, -0.25) is 4.79 Å². The van der Waals surface area contributed by atoms with Crippen molar-refractivity contribution in [3.63, 3.8) is 0 Å². The molecule has 4 nitrogen and oxygen atoms in total. The number of carbonyl (C=O) groups is 1. The van der Waals surface area contributed by atoms with Gasteiger partial charge in [-0.2, -0.15) is 5.26 Å². The van der Waals surface area contributed by atoms with Crippen molar-refractivity contribution in [3.05, 3.63) is 0 Å². The maximum absolute atomic E-state index is 10.9. The SMILES string of the molecule is CCOC(=O)CNCCC(C)(C)C#N. The van der Waals surface area contributed by atoms with Crippen molar-refractivity contribution < 1.29 is 9.53 Å². The van der Waals surface area contributed by atoms with Crippen LogP contribution in [-0.4, -0.2) is 25.7 Å². The highest BCUT2D eigenvalue weighted by Crippen LogP contribution is 2.16. The fourth-order valence-corrected chi connectivity index (χ4v) is 0.859. The molecule has 0 aliphatic rings. The number of esters is 1. The first-order chi connectivity index (χ1) is 6.52. The van der Waals surface area contributed by atoms with Crippen LogP contribution in [0.5, 0.6) is 0 Å². The lowest BCUT2D eigenvalue weighted by Gasteiger charge is -2.14. The molecule has 0 aliphatic heterocycles. The highest BCUT2D eigenvalue weighted by atomic mass is 16.5. The van der Waals surface area contributed by atoms with E-state index in [0.717, 1.165) is 6.42 Å². The second-order valence-electron chi connectivity index (χ2n) is 3.73. The summed E-state index contributed by atoms with van der Waals surface area (Å²) in [5, 5.41) is 11.7. The van der Waals surface area contributed by atoms with Crippen LogP contribution in [0.25, 0.3) is 0 Å². The van der Waals surface area contributed by atoms with Crippen LogP contribution < -0.4 is 5.32 Å². The van der Waals surface area contributed by atoms with E-state index in [0.29, 0.717) is 13.2 Å². The first-order valence-corrected chi connectivity index (χ1v) is 4.79. The standard InChI is InChI=1S/C10H18N2O2/c1-4-14-9(13)7-12-6-5-10(2,3)8-11/h12H,4-7H2,1-3H3. The van der Waals surface area contributed by atoms with Crippen LogP contribution in [-0.2, 0) is 9.53 Å². The Morgan fingerprint density at radius 1 is 1.57 bits per heavy atom. The third-order valence-electron chi connectivity index (χ3n) is 1.80. The molecule has 14 heavy (non-hydrogen) atoms. The molecule has 4 heteroatoms. The summed E-state index contributed by atoms with van der Waals surface area (Å²) in [6.45, 7) is 6.80. The molecular formula is C10H18N2O2. The van der Waals surface area contributed by atoms with E-state index >= 15 is 0 Å². The number of hydrogen-bond donors (Lipinski definition) is 1. The zero-order valence-corrected chi connectivity index (χ0v) is 9.09. The summed E-state index contributed by atoms with van der Waals surface area (Å²) in [5.74, 6) is -0.248. The van der Waals surface area contributed by atoms with E-state index in [2.05, 4.69) is 11.4 Å². The van der Waals surface area contributed by atoms with Crippen molar-refractivity contribution in [2.24, 2.45) is 5.41 Å². The Morgan fingerprint density at radius 2 is 2.21 bits per heavy atom. The van der Waals surface area contributed by atoms with Crippen LogP contribution in [0, 0.1) is 16.7 Å². The maximum atomic E-state index is 10.9. The Bertz CT molecular complexity index is 219. The normalized spacial score (nSPS) is 10.7. The zero-order valence-electron chi connectivity index (χ0n) is 9.09. The van der Waals surface area contributed by atoms with Crippen LogP contribution in [0.3, 0.4) is 0 Å². The van der Waals surface area contributed by atoms with Crippen LogP contribution in [0.4, 0.5) is 0 Å². The quantitative estimate of drug-likeness (QED) is 0.512. The number of nitrogens with one attached hydrogen (secondary N) is 1. The van der Waals surface area contributed by atoms with Crippen LogP contribution in [0.1, 0.15) is 27.2 Å². The third kappa shape index (κ3) is 6.44. The molecule has 0 atom stereocenters. The molecule has 0 bridgehead atoms. The third-order valence-corrected chi connectivity index (χ3v) is 1.80. The van der Waals surface area contributed by atoms with Gasteiger partial charge in [0.05, 0.1) is 24.6 Å². The summed E-state index contributed by atoms with van der Waals surface area (Å²) in [4.78, 5) is 10.9. The predicted molar refractivity (Wildman–Crippen MR) is 53.5 cm³/mol. The lowest BCUT2D eigenvalue weighted by atomic mass is 9.92. The molecule has 0 unspecified atom stereocenters. The molecule has 0 amide bonds. The molecule has 0 aliphatic carbocycles. The van der Waals surface area contributed by atoms with Gasteiger partial charge in [0.1, 0.15) is 0 Å². The summed E-state index contributed by atoms with van der Waals surface area (Å²) in [6.07, 6.45) is 0.725. The molecule has 0 aromatic carbocycles. The Labute approximate surface area is 85.2 Å². The largest absolute Gasteiger partial charge is 0.465 e. The highest BCUT2D eigenvalue weighted by molar-refractivity contribution is 5.71. The van der Waals surface area contributed by atoms with Gasteiger partial charge in [0.25, 0.3) is 0 Å². The van der Waals surface area contributed by atoms with Crippen LogP contribution in [0.2, 0.25) is 0 Å². The molecule has 0 spiro atoms. The topological polar surface area (TPSA) is 62.1 Å². The van der Waals surface area contributed by atoms with E-state index < -0.39 is 0 Å². The Morgan fingerprint density at radius 3 is 2.71 bits per heavy atom. The summed E-state index contributed by atoms with van der Waals surface area (Å²) >= 11 is 0. The predicted octanol–water partition coefficient (Wildman–Crippen LogP) is 1.08. The van der Waals surface area contributed by atoms with Crippen molar-refractivity contribution in [1.82, 2.24) is 5.32 Å². The molecule has 0 saturated heterocycles. The average molecular weight is 198 g/mol. The fourth-order valence-electron chi connectivity index (χ4n) is 0.859.